The van der Waals surface area contributed by atoms with Crippen LogP contribution >= 0.6 is 12.6 Å². The molecule has 1 aliphatic rings. The summed E-state index contributed by atoms with van der Waals surface area (Å²) in [6, 6.07) is 9.03. The van der Waals surface area contributed by atoms with Crippen LogP contribution in [0.4, 0.5) is 0 Å². The van der Waals surface area contributed by atoms with Gasteiger partial charge in [-0.3, -0.25) is 0 Å². The molecule has 17 heavy (non-hydrogen) atoms. The molecule has 1 heteroatoms. The van der Waals surface area contributed by atoms with E-state index in [-0.39, 0.29) is 0 Å². The Morgan fingerprint density at radius 1 is 1.12 bits per heavy atom. The average molecular weight is 244 g/mol. The van der Waals surface area contributed by atoms with Crippen molar-refractivity contribution in [2.75, 3.05) is 0 Å². The van der Waals surface area contributed by atoms with Gasteiger partial charge in [0.25, 0.3) is 0 Å². The van der Waals surface area contributed by atoms with E-state index in [1.54, 1.807) is 0 Å². The third-order valence-electron chi connectivity index (χ3n) is 3.46. The molecule has 0 saturated heterocycles. The fraction of sp³-hybridized carbons (Fsp3) is 0.375. The Bertz CT molecular complexity index is 437. The second kappa shape index (κ2) is 5.14. The number of benzene rings is 1. The maximum absolute atomic E-state index is 4.39. The van der Waals surface area contributed by atoms with Gasteiger partial charge in [0, 0.05) is 10.8 Å². The molecule has 0 fully saturated rings. The molecule has 1 aromatic carbocycles. The van der Waals surface area contributed by atoms with Gasteiger partial charge in [0.05, 0.1) is 0 Å². The van der Waals surface area contributed by atoms with Crippen molar-refractivity contribution in [2.24, 2.45) is 5.92 Å². The summed E-state index contributed by atoms with van der Waals surface area (Å²) in [5, 5.41) is 0. The number of thiol groups is 1. The third-order valence-corrected chi connectivity index (χ3v) is 3.76. The molecule has 0 aliphatic heterocycles. The van der Waals surface area contributed by atoms with Gasteiger partial charge in [-0.05, 0) is 23.0 Å². The standard InChI is InChI=1S/C16H20S/c1-11(2)13-4-6-14(7-5-13)16-9-8-15(17)10-12(16)3/h4-12,16-17H,1-3H3/t12-,16?/m1/s1. The highest BCUT2D eigenvalue weighted by Crippen LogP contribution is 2.33. The normalized spacial score (nSPS) is 23.9. The van der Waals surface area contributed by atoms with Crippen molar-refractivity contribution < 1.29 is 0 Å². The van der Waals surface area contributed by atoms with Crippen molar-refractivity contribution in [1.82, 2.24) is 0 Å². The second-order valence-electron chi connectivity index (χ2n) is 5.16. The SMILES string of the molecule is CC(C)c1ccc(C2C=CC(S)=C[C@H]2C)cc1. The van der Waals surface area contributed by atoms with E-state index in [0.29, 0.717) is 17.8 Å². The van der Waals surface area contributed by atoms with E-state index < -0.39 is 0 Å². The minimum absolute atomic E-state index is 0.493. The molecule has 0 bridgehead atoms. The van der Waals surface area contributed by atoms with E-state index >= 15 is 0 Å². The summed E-state index contributed by atoms with van der Waals surface area (Å²) < 4.78 is 0. The monoisotopic (exact) mass is 244 g/mol. The summed E-state index contributed by atoms with van der Waals surface area (Å²) in [6.45, 7) is 6.71. The van der Waals surface area contributed by atoms with Crippen molar-refractivity contribution >= 4 is 12.6 Å². The smallest absolute Gasteiger partial charge is 0.00821 e. The zero-order valence-corrected chi connectivity index (χ0v) is 11.6. The minimum Gasteiger partial charge on any atom is -0.144 e. The van der Waals surface area contributed by atoms with Crippen LogP contribution in [0.3, 0.4) is 0 Å². The van der Waals surface area contributed by atoms with Crippen molar-refractivity contribution in [2.45, 2.75) is 32.6 Å². The van der Waals surface area contributed by atoms with Crippen molar-refractivity contribution in [3.63, 3.8) is 0 Å². The summed E-state index contributed by atoms with van der Waals surface area (Å²) in [5.41, 5.74) is 2.81. The van der Waals surface area contributed by atoms with Crippen LogP contribution in [-0.2, 0) is 0 Å². The van der Waals surface area contributed by atoms with Gasteiger partial charge in [0.1, 0.15) is 0 Å². The molecule has 1 unspecified atom stereocenters. The Kier molecular flexibility index (Phi) is 3.78. The molecule has 2 atom stereocenters. The van der Waals surface area contributed by atoms with Crippen LogP contribution < -0.4 is 0 Å². The number of allylic oxidation sites excluding steroid dienone is 3. The fourth-order valence-corrected chi connectivity index (χ4v) is 2.65. The van der Waals surface area contributed by atoms with E-state index in [1.165, 1.54) is 11.1 Å². The topological polar surface area (TPSA) is 0 Å². The Hall–Kier alpha value is -0.950. The first-order chi connectivity index (χ1) is 8.08. The van der Waals surface area contributed by atoms with Gasteiger partial charge < -0.3 is 0 Å². The van der Waals surface area contributed by atoms with Gasteiger partial charge in [-0.15, -0.1) is 12.6 Å². The van der Waals surface area contributed by atoms with Crippen molar-refractivity contribution in [3.8, 4) is 0 Å². The molecule has 0 N–H and O–H groups in total. The van der Waals surface area contributed by atoms with Gasteiger partial charge in [-0.2, -0.15) is 0 Å². The Balaban J connectivity index is 2.21. The summed E-state index contributed by atoms with van der Waals surface area (Å²) in [5.74, 6) is 1.62. The molecular formula is C16H20S. The number of rotatable bonds is 2. The van der Waals surface area contributed by atoms with E-state index in [4.69, 9.17) is 0 Å². The quantitative estimate of drug-likeness (QED) is 0.702. The molecule has 0 spiro atoms. The lowest BCUT2D eigenvalue weighted by Gasteiger charge is -2.22. The molecule has 0 nitrogen and oxygen atoms in total. The zero-order valence-electron chi connectivity index (χ0n) is 10.7. The van der Waals surface area contributed by atoms with Gasteiger partial charge in [0.15, 0.2) is 0 Å². The third kappa shape index (κ3) is 2.84. The molecule has 0 heterocycles. The zero-order chi connectivity index (χ0) is 12.4. The molecule has 1 aliphatic carbocycles. The first kappa shape index (κ1) is 12.5. The van der Waals surface area contributed by atoms with Crippen LogP contribution in [0.5, 0.6) is 0 Å². The van der Waals surface area contributed by atoms with E-state index in [0.717, 1.165) is 4.91 Å². The molecule has 0 aromatic heterocycles. The number of hydrogen-bond donors (Lipinski definition) is 1. The lowest BCUT2D eigenvalue weighted by Crippen LogP contribution is -2.08. The number of hydrogen-bond acceptors (Lipinski definition) is 1. The van der Waals surface area contributed by atoms with Crippen LogP contribution in [0.1, 0.15) is 43.7 Å². The summed E-state index contributed by atoms with van der Waals surface area (Å²) in [7, 11) is 0. The van der Waals surface area contributed by atoms with Crippen LogP contribution in [-0.4, -0.2) is 0 Å². The molecule has 90 valence electrons. The van der Waals surface area contributed by atoms with E-state index in [1.807, 2.05) is 0 Å². The fourth-order valence-electron chi connectivity index (χ4n) is 2.32. The van der Waals surface area contributed by atoms with E-state index in [2.05, 4.69) is 75.9 Å². The van der Waals surface area contributed by atoms with Crippen molar-refractivity contribution in [3.05, 3.63) is 58.5 Å². The molecular weight excluding hydrogens is 224 g/mol. The largest absolute Gasteiger partial charge is 0.144 e. The van der Waals surface area contributed by atoms with Gasteiger partial charge in [-0.25, -0.2) is 0 Å². The highest BCUT2D eigenvalue weighted by molar-refractivity contribution is 7.84. The highest BCUT2D eigenvalue weighted by atomic mass is 32.1. The summed E-state index contributed by atoms with van der Waals surface area (Å²) in [6.07, 6.45) is 6.59. The molecule has 0 amide bonds. The lowest BCUT2D eigenvalue weighted by atomic mass is 9.83. The summed E-state index contributed by atoms with van der Waals surface area (Å²) >= 11 is 4.39. The highest BCUT2D eigenvalue weighted by Gasteiger charge is 2.17. The molecule has 0 saturated carbocycles. The van der Waals surface area contributed by atoms with Gasteiger partial charge in [-0.1, -0.05) is 63.3 Å². The molecule has 2 rings (SSSR count). The molecule has 1 aromatic rings. The van der Waals surface area contributed by atoms with Crippen LogP contribution in [0.2, 0.25) is 0 Å². The first-order valence-corrected chi connectivity index (χ1v) is 6.71. The van der Waals surface area contributed by atoms with Crippen LogP contribution in [0.25, 0.3) is 0 Å². The van der Waals surface area contributed by atoms with Gasteiger partial charge >= 0.3 is 0 Å². The predicted octanol–water partition coefficient (Wildman–Crippen LogP) is 4.91. The lowest BCUT2D eigenvalue weighted by molar-refractivity contribution is 0.633. The second-order valence-corrected chi connectivity index (χ2v) is 5.67. The maximum Gasteiger partial charge on any atom is 0.00821 e. The Morgan fingerprint density at radius 2 is 1.76 bits per heavy atom. The van der Waals surface area contributed by atoms with Crippen molar-refractivity contribution in [1.29, 1.82) is 0 Å². The van der Waals surface area contributed by atoms with Crippen LogP contribution in [0, 0.1) is 5.92 Å². The minimum atomic E-state index is 0.493. The van der Waals surface area contributed by atoms with Crippen LogP contribution in [0.15, 0.2) is 47.4 Å². The first-order valence-electron chi connectivity index (χ1n) is 6.27. The van der Waals surface area contributed by atoms with E-state index in [9.17, 15) is 0 Å². The maximum atomic E-state index is 4.39. The Morgan fingerprint density at radius 3 is 2.29 bits per heavy atom. The summed E-state index contributed by atoms with van der Waals surface area (Å²) in [4.78, 5) is 1.08. The molecule has 0 radical (unpaired) electrons. The Labute approximate surface area is 110 Å². The van der Waals surface area contributed by atoms with Gasteiger partial charge in [0.2, 0.25) is 0 Å². The average Bonchev–Trinajstić information content (AvgIpc) is 2.29. The predicted molar refractivity (Wildman–Crippen MR) is 78.6 cm³/mol.